The summed E-state index contributed by atoms with van der Waals surface area (Å²) in [4.78, 5) is 18.1. The third-order valence-electron chi connectivity index (χ3n) is 4.74. The quantitative estimate of drug-likeness (QED) is 0.316. The molecule has 5 aromatic rings. The molecule has 2 aromatic heterocycles. The Morgan fingerprint density at radius 3 is 2.73 bits per heavy atom. The number of para-hydroxylation sites is 2. The first-order valence-electron chi connectivity index (χ1n) is 9.17. The number of nitrogens with zero attached hydrogens (tertiary/aromatic N) is 2. The zero-order valence-electron chi connectivity index (χ0n) is 15.5. The molecule has 0 radical (unpaired) electrons. The number of benzene rings is 3. The molecule has 5 rings (SSSR count). The van der Waals surface area contributed by atoms with Crippen LogP contribution in [0.25, 0.3) is 22.1 Å². The van der Waals surface area contributed by atoms with Crippen LogP contribution in [0.5, 0.6) is 5.75 Å². The van der Waals surface area contributed by atoms with E-state index in [0.29, 0.717) is 20.8 Å². The number of hydrogen-bond donors (Lipinski definition) is 0. The van der Waals surface area contributed by atoms with Crippen molar-refractivity contribution in [3.8, 4) is 5.75 Å². The zero-order valence-corrected chi connectivity index (χ0v) is 18.5. The first-order chi connectivity index (χ1) is 14.6. The van der Waals surface area contributed by atoms with Gasteiger partial charge in [0.1, 0.15) is 18.2 Å². The first kappa shape index (κ1) is 19.2. The third-order valence-corrected chi connectivity index (χ3v) is 6.55. The number of halogens is 2. The van der Waals surface area contributed by atoms with Crippen molar-refractivity contribution in [3.63, 3.8) is 0 Å². The van der Waals surface area contributed by atoms with Crippen molar-refractivity contribution >= 4 is 56.0 Å². The molecule has 0 bridgehead atoms. The molecule has 0 spiro atoms. The van der Waals surface area contributed by atoms with E-state index in [1.54, 1.807) is 22.6 Å². The van der Waals surface area contributed by atoms with E-state index in [9.17, 15) is 9.18 Å². The fourth-order valence-corrected chi connectivity index (χ4v) is 4.94. The van der Waals surface area contributed by atoms with Crippen LogP contribution in [-0.4, -0.2) is 9.38 Å². The van der Waals surface area contributed by atoms with Gasteiger partial charge in [0.25, 0.3) is 5.56 Å². The highest BCUT2D eigenvalue weighted by molar-refractivity contribution is 14.1. The minimum Gasteiger partial charge on any atom is -0.488 e. The largest absolute Gasteiger partial charge is 0.488 e. The van der Waals surface area contributed by atoms with E-state index in [1.807, 2.05) is 48.5 Å². The van der Waals surface area contributed by atoms with Gasteiger partial charge in [-0.1, -0.05) is 47.7 Å². The second kappa shape index (κ2) is 7.81. The van der Waals surface area contributed by atoms with E-state index in [0.717, 1.165) is 20.2 Å². The van der Waals surface area contributed by atoms with Crippen molar-refractivity contribution < 1.29 is 9.13 Å². The molecule has 0 N–H and O–H groups in total. The maximum Gasteiger partial charge on any atom is 0.274 e. The molecule has 0 saturated heterocycles. The van der Waals surface area contributed by atoms with Gasteiger partial charge in [0, 0.05) is 5.56 Å². The van der Waals surface area contributed by atoms with Crippen LogP contribution in [0.3, 0.4) is 0 Å². The Morgan fingerprint density at radius 2 is 1.90 bits per heavy atom. The Bertz CT molecular complexity index is 1510. The molecule has 0 saturated carbocycles. The monoisotopic (exact) mass is 528 g/mol. The lowest BCUT2D eigenvalue weighted by Crippen LogP contribution is -2.22. The van der Waals surface area contributed by atoms with Gasteiger partial charge in [0.15, 0.2) is 4.96 Å². The van der Waals surface area contributed by atoms with E-state index in [2.05, 4.69) is 27.6 Å². The highest BCUT2D eigenvalue weighted by Crippen LogP contribution is 2.24. The van der Waals surface area contributed by atoms with Gasteiger partial charge >= 0.3 is 0 Å². The van der Waals surface area contributed by atoms with Crippen LogP contribution in [0.15, 0.2) is 71.5 Å². The molecule has 0 aliphatic carbocycles. The lowest BCUT2D eigenvalue weighted by Gasteiger charge is -2.09. The minimum absolute atomic E-state index is 0.0708. The van der Waals surface area contributed by atoms with Gasteiger partial charge in [-0.25, -0.2) is 13.8 Å². The smallest absolute Gasteiger partial charge is 0.274 e. The maximum atomic E-state index is 13.8. The van der Waals surface area contributed by atoms with E-state index in [1.165, 1.54) is 17.4 Å². The van der Waals surface area contributed by atoms with E-state index in [4.69, 9.17) is 4.74 Å². The van der Waals surface area contributed by atoms with Gasteiger partial charge in [-0.15, -0.1) is 0 Å². The fraction of sp³-hybridized carbons (Fsp3) is 0.0435. The normalized spacial score (nSPS) is 12.1. The molecule has 4 nitrogen and oxygen atoms in total. The van der Waals surface area contributed by atoms with Gasteiger partial charge in [-0.3, -0.25) is 4.79 Å². The van der Waals surface area contributed by atoms with E-state index >= 15 is 0 Å². The molecule has 148 valence electrons. The van der Waals surface area contributed by atoms with Crippen molar-refractivity contribution in [1.29, 1.82) is 0 Å². The molecular formula is C23H14FIN2O2S. The third kappa shape index (κ3) is 3.48. The molecule has 30 heavy (non-hydrogen) atoms. The Hall–Kier alpha value is -2.78. The van der Waals surface area contributed by atoms with Crippen LogP contribution in [0.4, 0.5) is 4.39 Å². The van der Waals surface area contributed by atoms with Crippen molar-refractivity contribution in [1.82, 2.24) is 9.38 Å². The van der Waals surface area contributed by atoms with Crippen LogP contribution < -0.4 is 14.8 Å². The number of imidazole rings is 1. The highest BCUT2D eigenvalue weighted by Gasteiger charge is 2.11. The molecule has 0 atom stereocenters. The number of hydrogen-bond acceptors (Lipinski definition) is 4. The molecule has 7 heteroatoms. The molecule has 3 aromatic carbocycles. The second-order valence-corrected chi connectivity index (χ2v) is 8.88. The van der Waals surface area contributed by atoms with Gasteiger partial charge in [0.2, 0.25) is 0 Å². The van der Waals surface area contributed by atoms with Gasteiger partial charge < -0.3 is 4.74 Å². The maximum absolute atomic E-state index is 13.8. The summed E-state index contributed by atoms with van der Waals surface area (Å²) >= 11 is 3.55. The SMILES string of the molecule is O=c1c(=Cc2ccc(OCc3ccccc3F)c(I)c2)sc2nc3ccccc3n12. The van der Waals surface area contributed by atoms with Crippen molar-refractivity contribution in [2.45, 2.75) is 6.61 Å². The van der Waals surface area contributed by atoms with Gasteiger partial charge in [0.05, 0.1) is 19.1 Å². The number of rotatable bonds is 4. The Morgan fingerprint density at radius 1 is 1.10 bits per heavy atom. The zero-order chi connectivity index (χ0) is 20.7. The predicted molar refractivity (Wildman–Crippen MR) is 126 cm³/mol. The Labute approximate surface area is 188 Å². The average Bonchev–Trinajstić information content (AvgIpc) is 3.25. The molecule has 0 amide bonds. The summed E-state index contributed by atoms with van der Waals surface area (Å²) in [7, 11) is 0. The van der Waals surface area contributed by atoms with E-state index in [-0.39, 0.29) is 18.0 Å². The van der Waals surface area contributed by atoms with Crippen LogP contribution in [0.1, 0.15) is 11.1 Å². The minimum atomic E-state index is -0.282. The van der Waals surface area contributed by atoms with Crippen molar-refractivity contribution in [2.24, 2.45) is 0 Å². The molecule has 0 aliphatic heterocycles. The predicted octanol–water partition coefficient (Wildman–Crippen LogP) is 4.78. The Kier molecular flexibility index (Phi) is 5.00. The summed E-state index contributed by atoms with van der Waals surface area (Å²) in [5, 5.41) is 0. The number of fused-ring (bicyclic) bond motifs is 3. The van der Waals surface area contributed by atoms with Crippen LogP contribution >= 0.6 is 33.9 Å². The van der Waals surface area contributed by atoms with Crippen molar-refractivity contribution in [3.05, 3.63) is 102 Å². The van der Waals surface area contributed by atoms with Crippen LogP contribution in [-0.2, 0) is 6.61 Å². The van der Waals surface area contributed by atoms with Crippen LogP contribution in [0.2, 0.25) is 0 Å². The highest BCUT2D eigenvalue weighted by atomic mass is 127. The number of aromatic nitrogens is 2. The topological polar surface area (TPSA) is 43.6 Å². The summed E-state index contributed by atoms with van der Waals surface area (Å²) in [5.74, 6) is 0.390. The lowest BCUT2D eigenvalue weighted by atomic mass is 10.2. The Balaban J connectivity index is 1.46. The van der Waals surface area contributed by atoms with Gasteiger partial charge in [-0.2, -0.15) is 0 Å². The molecule has 0 unspecified atom stereocenters. The number of thiazole rings is 1. The molecule has 0 aliphatic rings. The first-order valence-corrected chi connectivity index (χ1v) is 11.1. The molecule has 0 fully saturated rings. The summed E-state index contributed by atoms with van der Waals surface area (Å²) in [5.41, 5.74) is 2.97. The van der Waals surface area contributed by atoms with Crippen molar-refractivity contribution in [2.75, 3.05) is 0 Å². The van der Waals surface area contributed by atoms with E-state index < -0.39 is 0 Å². The summed E-state index contributed by atoms with van der Waals surface area (Å²) < 4.78 is 22.7. The standard InChI is InChI=1S/C23H14FIN2O2S/c24-16-6-2-1-5-15(16)13-29-20-10-9-14(11-17(20)25)12-21-22(28)27-19-8-4-3-7-18(19)26-23(27)30-21/h1-12H,13H2. The fourth-order valence-electron chi connectivity index (χ4n) is 3.26. The number of ether oxygens (including phenoxy) is 1. The summed E-state index contributed by atoms with van der Waals surface area (Å²) in [6.07, 6.45) is 1.86. The van der Waals surface area contributed by atoms with Crippen LogP contribution in [0, 0.1) is 9.39 Å². The molecule has 2 heterocycles. The lowest BCUT2D eigenvalue weighted by molar-refractivity contribution is 0.297. The average molecular weight is 528 g/mol. The second-order valence-electron chi connectivity index (χ2n) is 6.70. The molecular weight excluding hydrogens is 514 g/mol. The summed E-state index contributed by atoms with van der Waals surface area (Å²) in [6, 6.07) is 19.9. The summed E-state index contributed by atoms with van der Waals surface area (Å²) in [6.45, 7) is 0.158. The van der Waals surface area contributed by atoms with Gasteiger partial charge in [-0.05, 0) is 64.6 Å².